The van der Waals surface area contributed by atoms with Crippen molar-refractivity contribution in [3.05, 3.63) is 105 Å². The zero-order valence-corrected chi connectivity index (χ0v) is 20.6. The van der Waals surface area contributed by atoms with Crippen molar-refractivity contribution in [2.75, 3.05) is 0 Å². The molecule has 5 rings (SSSR count). The van der Waals surface area contributed by atoms with Gasteiger partial charge in [-0.3, -0.25) is 4.79 Å². The number of allylic oxidation sites excluding steroid dienone is 1. The summed E-state index contributed by atoms with van der Waals surface area (Å²) in [5.74, 6) is -0.475. The van der Waals surface area contributed by atoms with Crippen molar-refractivity contribution in [3.8, 4) is 5.75 Å². The van der Waals surface area contributed by atoms with Crippen molar-refractivity contribution in [1.29, 1.82) is 0 Å². The van der Waals surface area contributed by atoms with Gasteiger partial charge in [0.05, 0.1) is 11.8 Å². The first-order valence-electron chi connectivity index (χ1n) is 11.6. The topological polar surface area (TPSA) is 41.9 Å². The summed E-state index contributed by atoms with van der Waals surface area (Å²) in [5, 5.41) is 7.57. The fraction of sp³-hybridized carbons (Fsp3) is 0.214. The Hall–Kier alpha value is -3.22. The molecule has 1 heterocycles. The summed E-state index contributed by atoms with van der Waals surface area (Å²) >= 11 is 12.2. The average molecular weight is 527 g/mol. The van der Waals surface area contributed by atoms with Crippen molar-refractivity contribution in [1.82, 2.24) is 5.01 Å². The van der Waals surface area contributed by atoms with Gasteiger partial charge >= 0.3 is 6.61 Å². The summed E-state index contributed by atoms with van der Waals surface area (Å²) in [5.41, 5.74) is 4.06. The van der Waals surface area contributed by atoms with Crippen LogP contribution in [0.1, 0.15) is 46.8 Å². The van der Waals surface area contributed by atoms with E-state index in [9.17, 15) is 13.6 Å². The third-order valence-electron chi connectivity index (χ3n) is 6.44. The maximum absolute atomic E-state index is 13.7. The summed E-state index contributed by atoms with van der Waals surface area (Å²) in [4.78, 5) is 13.7. The molecule has 0 spiro atoms. The molecule has 0 bridgehead atoms. The number of nitrogens with zero attached hydrogens (tertiary/aromatic N) is 2. The first-order valence-corrected chi connectivity index (χ1v) is 12.3. The molecular formula is C28H22Cl2F2N2O2. The number of amides is 1. The van der Waals surface area contributed by atoms with Crippen LogP contribution in [-0.2, 0) is 0 Å². The van der Waals surface area contributed by atoms with E-state index in [0.29, 0.717) is 10.0 Å². The van der Waals surface area contributed by atoms with E-state index in [1.165, 1.54) is 23.2 Å². The molecule has 1 aliphatic carbocycles. The average Bonchev–Trinajstić information content (AvgIpc) is 3.26. The highest BCUT2D eigenvalue weighted by atomic mass is 35.5. The summed E-state index contributed by atoms with van der Waals surface area (Å²) in [7, 11) is 0. The van der Waals surface area contributed by atoms with Crippen LogP contribution in [0.25, 0.3) is 6.08 Å². The second-order valence-corrected chi connectivity index (χ2v) is 9.63. The maximum atomic E-state index is 13.7. The fourth-order valence-corrected chi connectivity index (χ4v) is 5.11. The summed E-state index contributed by atoms with van der Waals surface area (Å²) in [6, 6.07) is 20.4. The Balaban J connectivity index is 1.55. The van der Waals surface area contributed by atoms with Crippen LogP contribution in [0.4, 0.5) is 8.78 Å². The van der Waals surface area contributed by atoms with Crippen LogP contribution < -0.4 is 4.74 Å². The predicted octanol–water partition coefficient (Wildman–Crippen LogP) is 8.03. The normalized spacial score (nSPS) is 20.4. The zero-order chi connectivity index (χ0) is 25.2. The lowest BCUT2D eigenvalue weighted by Gasteiger charge is -2.29. The lowest BCUT2D eigenvalue weighted by molar-refractivity contribution is -0.0499. The third-order valence-corrected chi connectivity index (χ3v) is 6.94. The van der Waals surface area contributed by atoms with Gasteiger partial charge in [-0.25, -0.2) is 5.01 Å². The molecule has 1 fully saturated rings. The molecule has 3 aromatic carbocycles. The maximum Gasteiger partial charge on any atom is 0.387 e. The van der Waals surface area contributed by atoms with Crippen molar-refractivity contribution in [3.63, 3.8) is 0 Å². The molecule has 0 saturated heterocycles. The quantitative estimate of drug-likeness (QED) is 0.337. The highest BCUT2D eigenvalue weighted by Crippen LogP contribution is 2.45. The van der Waals surface area contributed by atoms with Gasteiger partial charge in [0.15, 0.2) is 0 Å². The van der Waals surface area contributed by atoms with E-state index in [2.05, 4.69) is 10.8 Å². The van der Waals surface area contributed by atoms with E-state index >= 15 is 0 Å². The first-order chi connectivity index (χ1) is 17.4. The number of alkyl halides is 2. The number of ether oxygens (including phenoxy) is 1. The Morgan fingerprint density at radius 3 is 2.42 bits per heavy atom. The Morgan fingerprint density at radius 1 is 1.03 bits per heavy atom. The van der Waals surface area contributed by atoms with Gasteiger partial charge in [-0.1, -0.05) is 53.5 Å². The number of hydrazone groups is 1. The monoisotopic (exact) mass is 526 g/mol. The smallest absolute Gasteiger partial charge is 0.387 e. The summed E-state index contributed by atoms with van der Waals surface area (Å²) in [6.07, 6.45) is 4.74. The molecule has 1 amide bonds. The molecule has 0 radical (unpaired) electrons. The van der Waals surface area contributed by atoms with Gasteiger partial charge in [0.2, 0.25) is 0 Å². The van der Waals surface area contributed by atoms with E-state index in [-0.39, 0.29) is 29.2 Å². The summed E-state index contributed by atoms with van der Waals surface area (Å²) in [6.45, 7) is -2.98. The van der Waals surface area contributed by atoms with Crippen LogP contribution in [-0.4, -0.2) is 23.2 Å². The van der Waals surface area contributed by atoms with E-state index in [0.717, 1.165) is 41.7 Å². The minimum Gasteiger partial charge on any atom is -0.435 e. The van der Waals surface area contributed by atoms with Crippen LogP contribution in [0.2, 0.25) is 10.0 Å². The molecular weight excluding hydrogens is 505 g/mol. The van der Waals surface area contributed by atoms with Gasteiger partial charge in [0.25, 0.3) is 5.91 Å². The second kappa shape index (κ2) is 10.4. The molecule has 3 aromatic rings. The minimum absolute atomic E-state index is 0.0112. The van der Waals surface area contributed by atoms with Crippen LogP contribution in [0.3, 0.4) is 0 Å². The van der Waals surface area contributed by atoms with E-state index < -0.39 is 6.61 Å². The summed E-state index contributed by atoms with van der Waals surface area (Å²) < 4.78 is 30.0. The number of carbonyl (C=O) groups is 1. The third kappa shape index (κ3) is 5.15. The molecule has 1 aliphatic heterocycles. The SMILES string of the molecule is O=C(c1cccc(OC(F)F)c1)N1N=C2/C(=C/c3ccc(Cl)cc3)CCC[C@@H]2[C@H]1c1ccc(Cl)cc1. The van der Waals surface area contributed by atoms with Crippen molar-refractivity contribution in [2.24, 2.45) is 11.0 Å². The highest BCUT2D eigenvalue weighted by molar-refractivity contribution is 6.30. The van der Waals surface area contributed by atoms with Crippen LogP contribution in [0.5, 0.6) is 5.75 Å². The molecule has 184 valence electrons. The fourth-order valence-electron chi connectivity index (χ4n) is 4.86. The predicted molar refractivity (Wildman–Crippen MR) is 138 cm³/mol. The van der Waals surface area contributed by atoms with Gasteiger partial charge in [-0.2, -0.15) is 13.9 Å². The standard InChI is InChI=1S/C28H22Cl2F2N2O2/c29-21-11-7-17(8-12-21)15-19-3-2-6-24-25(19)33-34(26(24)18-9-13-22(30)14-10-18)27(35)20-4-1-5-23(16-20)36-28(31)32/h1,4-5,7-16,24,26,28H,2-3,6H2/b19-15+/t24-,26+/m0/s1. The first kappa shape index (κ1) is 24.5. The molecule has 2 aliphatic rings. The molecule has 0 N–H and O–H groups in total. The molecule has 2 atom stereocenters. The van der Waals surface area contributed by atoms with Crippen molar-refractivity contribution < 1.29 is 18.3 Å². The largest absolute Gasteiger partial charge is 0.435 e. The Morgan fingerprint density at radius 2 is 1.72 bits per heavy atom. The van der Waals surface area contributed by atoms with Crippen molar-refractivity contribution in [2.45, 2.75) is 31.9 Å². The van der Waals surface area contributed by atoms with Gasteiger partial charge in [0, 0.05) is 21.5 Å². The van der Waals surface area contributed by atoms with E-state index in [4.69, 9.17) is 28.3 Å². The Kier molecular flexibility index (Phi) is 7.08. The van der Waals surface area contributed by atoms with E-state index in [1.54, 1.807) is 18.2 Å². The molecule has 0 aromatic heterocycles. The van der Waals surface area contributed by atoms with Gasteiger partial charge in [0.1, 0.15) is 5.75 Å². The zero-order valence-electron chi connectivity index (χ0n) is 19.1. The minimum atomic E-state index is -2.98. The number of halogens is 4. The number of carbonyl (C=O) groups excluding carboxylic acids is 1. The van der Waals surface area contributed by atoms with Gasteiger partial charge in [-0.15, -0.1) is 0 Å². The van der Waals surface area contributed by atoms with Crippen LogP contribution in [0.15, 0.2) is 83.5 Å². The number of rotatable bonds is 5. The Bertz CT molecular complexity index is 1320. The highest BCUT2D eigenvalue weighted by Gasteiger charge is 2.44. The molecule has 36 heavy (non-hydrogen) atoms. The van der Waals surface area contributed by atoms with Crippen LogP contribution in [0, 0.1) is 5.92 Å². The Labute approximate surface area is 217 Å². The number of hydrogen-bond acceptors (Lipinski definition) is 3. The lowest BCUT2D eigenvalue weighted by atomic mass is 9.77. The van der Waals surface area contributed by atoms with Crippen LogP contribution >= 0.6 is 23.2 Å². The molecule has 8 heteroatoms. The molecule has 4 nitrogen and oxygen atoms in total. The van der Waals surface area contributed by atoms with E-state index in [1.807, 2.05) is 36.4 Å². The van der Waals surface area contributed by atoms with Crippen molar-refractivity contribution >= 4 is 40.9 Å². The molecule has 0 unspecified atom stereocenters. The number of benzene rings is 3. The molecule has 1 saturated carbocycles. The lowest BCUT2D eigenvalue weighted by Crippen LogP contribution is -2.31. The number of fused-ring (bicyclic) bond motifs is 1. The number of hydrogen-bond donors (Lipinski definition) is 0. The second-order valence-electron chi connectivity index (χ2n) is 8.76. The van der Waals surface area contributed by atoms with Gasteiger partial charge in [-0.05, 0) is 84.5 Å². The van der Waals surface area contributed by atoms with Gasteiger partial charge < -0.3 is 4.74 Å².